The Kier molecular flexibility index (Phi) is 4.22. The van der Waals surface area contributed by atoms with Gasteiger partial charge >= 0.3 is 5.69 Å². The van der Waals surface area contributed by atoms with Crippen molar-refractivity contribution < 1.29 is 0 Å². The molecule has 1 aliphatic carbocycles. The van der Waals surface area contributed by atoms with Gasteiger partial charge in [0.1, 0.15) is 0 Å². The molecule has 0 bridgehead atoms. The molecule has 1 aromatic carbocycles. The van der Waals surface area contributed by atoms with Crippen LogP contribution in [0.5, 0.6) is 0 Å². The summed E-state index contributed by atoms with van der Waals surface area (Å²) in [6, 6.07) is 5.26. The van der Waals surface area contributed by atoms with Gasteiger partial charge in [-0.05, 0) is 24.8 Å². The Labute approximate surface area is 107 Å². The minimum Gasteiger partial charge on any atom is -0.384 e. The molecule has 90 valence electrons. The molecule has 2 rings (SSSR count). The Morgan fingerprint density at radius 1 is 1.29 bits per heavy atom. The molecule has 1 aromatic rings. The van der Waals surface area contributed by atoms with Crippen molar-refractivity contribution in [2.45, 2.75) is 32.1 Å². The van der Waals surface area contributed by atoms with Crippen molar-refractivity contribution in [2.24, 2.45) is 5.92 Å². The molecule has 0 radical (unpaired) electrons. The van der Waals surface area contributed by atoms with Crippen LogP contribution in [0.15, 0.2) is 18.2 Å². The van der Waals surface area contributed by atoms with Crippen molar-refractivity contribution in [3.8, 4) is 0 Å². The Bertz CT molecular complexity index is 419. The Hall–Kier alpha value is -1.27. The Morgan fingerprint density at radius 3 is 2.71 bits per heavy atom. The SMILES string of the molecule is N#[N+]c1ccc(NCC2CCCCC2)c(Cl)c1. The molecule has 3 nitrogen and oxygen atoms in total. The number of hydrogen-bond donors (Lipinski definition) is 1. The minimum absolute atomic E-state index is 0.484. The molecular formula is C13H17ClN3+. The maximum atomic E-state index is 8.63. The fourth-order valence-electron chi connectivity index (χ4n) is 2.36. The molecule has 0 aromatic heterocycles. The van der Waals surface area contributed by atoms with Gasteiger partial charge < -0.3 is 5.32 Å². The van der Waals surface area contributed by atoms with Gasteiger partial charge in [0.15, 0.2) is 4.98 Å². The summed E-state index contributed by atoms with van der Waals surface area (Å²) in [6.45, 7) is 0.981. The summed E-state index contributed by atoms with van der Waals surface area (Å²) in [4.78, 5) is 3.11. The van der Waals surface area contributed by atoms with Gasteiger partial charge in [-0.2, -0.15) is 0 Å². The van der Waals surface area contributed by atoms with Crippen molar-refractivity contribution in [3.63, 3.8) is 0 Å². The molecule has 0 saturated heterocycles. The molecule has 0 amide bonds. The van der Waals surface area contributed by atoms with E-state index in [0.717, 1.165) is 18.2 Å². The molecule has 0 unspecified atom stereocenters. The number of hydrogen-bond acceptors (Lipinski definition) is 2. The van der Waals surface area contributed by atoms with Crippen molar-refractivity contribution in [3.05, 3.63) is 28.2 Å². The fourth-order valence-corrected chi connectivity index (χ4v) is 2.60. The monoisotopic (exact) mass is 250 g/mol. The highest BCUT2D eigenvalue weighted by atomic mass is 35.5. The lowest BCUT2D eigenvalue weighted by molar-refractivity contribution is 0.373. The summed E-state index contributed by atoms with van der Waals surface area (Å²) in [6.07, 6.45) is 6.71. The summed E-state index contributed by atoms with van der Waals surface area (Å²) >= 11 is 6.09. The summed E-state index contributed by atoms with van der Waals surface area (Å²) in [5.74, 6) is 0.766. The fraction of sp³-hybridized carbons (Fsp3) is 0.538. The van der Waals surface area contributed by atoms with Crippen LogP contribution in [0.2, 0.25) is 5.02 Å². The van der Waals surface area contributed by atoms with Gasteiger partial charge in [0.05, 0.1) is 16.8 Å². The number of anilines is 1. The predicted molar refractivity (Wildman–Crippen MR) is 71.3 cm³/mol. The lowest BCUT2D eigenvalue weighted by Gasteiger charge is -2.22. The van der Waals surface area contributed by atoms with E-state index in [1.54, 1.807) is 12.1 Å². The second-order valence-corrected chi connectivity index (χ2v) is 5.06. The summed E-state index contributed by atoms with van der Waals surface area (Å²) in [5.41, 5.74) is 1.41. The maximum absolute atomic E-state index is 8.63. The first-order valence-corrected chi connectivity index (χ1v) is 6.56. The predicted octanol–water partition coefficient (Wildman–Crippen LogP) is 4.82. The topological polar surface area (TPSA) is 40.2 Å². The molecule has 1 fully saturated rings. The van der Waals surface area contributed by atoms with Crippen molar-refractivity contribution in [1.29, 1.82) is 5.39 Å². The minimum atomic E-state index is 0.484. The second-order valence-electron chi connectivity index (χ2n) is 4.65. The molecule has 0 spiro atoms. The zero-order valence-electron chi connectivity index (χ0n) is 9.82. The lowest BCUT2D eigenvalue weighted by atomic mass is 9.89. The van der Waals surface area contributed by atoms with Gasteiger partial charge in [-0.15, -0.1) is 0 Å². The van der Waals surface area contributed by atoms with Crippen LogP contribution in [0, 0.1) is 11.3 Å². The van der Waals surface area contributed by atoms with E-state index < -0.39 is 0 Å². The van der Waals surface area contributed by atoms with E-state index in [0.29, 0.717) is 10.7 Å². The Balaban J connectivity index is 1.92. The third-order valence-corrected chi connectivity index (χ3v) is 3.69. The van der Waals surface area contributed by atoms with Gasteiger partial charge in [0.25, 0.3) is 0 Å². The number of nitrogens with zero attached hydrogens (tertiary/aromatic N) is 2. The van der Waals surface area contributed by atoms with Crippen LogP contribution in [0.1, 0.15) is 32.1 Å². The van der Waals surface area contributed by atoms with E-state index in [1.807, 2.05) is 6.07 Å². The number of rotatable bonds is 3. The van der Waals surface area contributed by atoms with Gasteiger partial charge in [0.2, 0.25) is 5.39 Å². The zero-order valence-corrected chi connectivity index (χ0v) is 10.6. The summed E-state index contributed by atoms with van der Waals surface area (Å²) in [7, 11) is 0. The average Bonchev–Trinajstić information content (AvgIpc) is 2.38. The van der Waals surface area contributed by atoms with E-state index in [1.165, 1.54) is 32.1 Å². The van der Waals surface area contributed by atoms with E-state index in [-0.39, 0.29) is 0 Å². The Morgan fingerprint density at radius 2 is 2.06 bits per heavy atom. The van der Waals surface area contributed by atoms with E-state index in [2.05, 4.69) is 10.3 Å². The highest BCUT2D eigenvalue weighted by Crippen LogP contribution is 2.29. The van der Waals surface area contributed by atoms with Crippen LogP contribution in [0.4, 0.5) is 11.4 Å². The van der Waals surface area contributed by atoms with Crippen LogP contribution < -0.4 is 5.32 Å². The van der Waals surface area contributed by atoms with Crippen molar-refractivity contribution >= 4 is 23.0 Å². The second kappa shape index (κ2) is 5.88. The first-order chi connectivity index (χ1) is 8.29. The quantitative estimate of drug-likeness (QED) is 0.782. The molecule has 4 heteroatoms. The van der Waals surface area contributed by atoms with Gasteiger partial charge in [0, 0.05) is 12.6 Å². The molecular weight excluding hydrogens is 234 g/mol. The third kappa shape index (κ3) is 3.34. The molecule has 1 aliphatic rings. The number of halogens is 1. The first-order valence-electron chi connectivity index (χ1n) is 6.18. The van der Waals surface area contributed by atoms with Gasteiger partial charge in [-0.25, -0.2) is 0 Å². The maximum Gasteiger partial charge on any atom is 0.386 e. The van der Waals surface area contributed by atoms with Crippen molar-refractivity contribution in [2.75, 3.05) is 11.9 Å². The molecule has 17 heavy (non-hydrogen) atoms. The molecule has 0 atom stereocenters. The zero-order chi connectivity index (χ0) is 12.1. The van der Waals surface area contributed by atoms with Crippen LogP contribution in [-0.4, -0.2) is 6.54 Å². The summed E-state index contributed by atoms with van der Waals surface area (Å²) in [5, 5.41) is 12.6. The number of benzene rings is 1. The van der Waals surface area contributed by atoms with E-state index >= 15 is 0 Å². The van der Waals surface area contributed by atoms with Crippen molar-refractivity contribution in [1.82, 2.24) is 0 Å². The van der Waals surface area contributed by atoms with Gasteiger partial charge in [-0.1, -0.05) is 30.9 Å². The standard InChI is InChI=1S/C13H17ClN3/c14-12-8-11(17-15)6-7-13(12)16-9-10-4-2-1-3-5-10/h6-8,10,16H,1-5,9H2/q+1. The van der Waals surface area contributed by atoms with Crippen LogP contribution >= 0.6 is 11.6 Å². The molecule has 0 aliphatic heterocycles. The van der Waals surface area contributed by atoms with E-state index in [4.69, 9.17) is 17.0 Å². The largest absolute Gasteiger partial charge is 0.386 e. The molecule has 1 saturated carbocycles. The van der Waals surface area contributed by atoms with Crippen LogP contribution in [0.25, 0.3) is 4.98 Å². The number of nitrogens with one attached hydrogen (secondary N) is 1. The highest BCUT2D eigenvalue weighted by molar-refractivity contribution is 6.33. The first kappa shape index (κ1) is 12.2. The van der Waals surface area contributed by atoms with Crippen LogP contribution in [-0.2, 0) is 0 Å². The van der Waals surface area contributed by atoms with Crippen LogP contribution in [0.3, 0.4) is 0 Å². The normalized spacial score (nSPS) is 16.5. The smallest absolute Gasteiger partial charge is 0.384 e. The third-order valence-electron chi connectivity index (χ3n) is 3.37. The summed E-state index contributed by atoms with van der Waals surface area (Å²) < 4.78 is 0. The molecule has 0 heterocycles. The van der Waals surface area contributed by atoms with E-state index in [9.17, 15) is 0 Å². The van der Waals surface area contributed by atoms with Gasteiger partial charge in [-0.3, -0.25) is 0 Å². The average molecular weight is 251 g/mol. The number of diazo groups is 1. The lowest BCUT2D eigenvalue weighted by Crippen LogP contribution is -2.17. The molecule has 1 N–H and O–H groups in total. The highest BCUT2D eigenvalue weighted by Gasteiger charge is 2.14.